The zero-order valence-corrected chi connectivity index (χ0v) is 10.1. The number of hydrogen-bond acceptors (Lipinski definition) is 2. The van der Waals surface area contributed by atoms with Crippen molar-refractivity contribution in [1.82, 2.24) is 9.55 Å². The van der Waals surface area contributed by atoms with Crippen LogP contribution in [-0.2, 0) is 0 Å². The van der Waals surface area contributed by atoms with E-state index in [9.17, 15) is 5.26 Å². The Hall–Kier alpha value is -2.31. The molecule has 0 fully saturated rings. The van der Waals surface area contributed by atoms with Gasteiger partial charge in [0, 0.05) is 10.7 Å². The predicted molar refractivity (Wildman–Crippen MR) is 70.8 cm³/mol. The van der Waals surface area contributed by atoms with Crippen molar-refractivity contribution in [2.45, 2.75) is 0 Å². The Bertz CT molecular complexity index is 751. The van der Waals surface area contributed by atoms with Crippen LogP contribution in [0.15, 0.2) is 48.5 Å². The van der Waals surface area contributed by atoms with Crippen LogP contribution in [0.2, 0.25) is 5.02 Å². The molecule has 0 aliphatic carbocycles. The number of hydrogen-bond donors (Lipinski definition) is 0. The van der Waals surface area contributed by atoms with Gasteiger partial charge in [-0.05, 0) is 36.4 Å². The first kappa shape index (κ1) is 10.8. The average Bonchev–Trinajstić information content (AvgIpc) is 2.78. The molecule has 1 heterocycles. The minimum Gasteiger partial charge on any atom is -0.284 e. The van der Waals surface area contributed by atoms with Gasteiger partial charge in [0.15, 0.2) is 0 Å². The van der Waals surface area contributed by atoms with Crippen LogP contribution in [0.3, 0.4) is 0 Å². The molecule has 0 spiro atoms. The van der Waals surface area contributed by atoms with E-state index in [1.807, 2.05) is 41.0 Å². The highest BCUT2D eigenvalue weighted by molar-refractivity contribution is 6.30. The van der Waals surface area contributed by atoms with E-state index in [0.717, 1.165) is 16.7 Å². The first-order valence-electron chi connectivity index (χ1n) is 5.43. The maximum Gasteiger partial charge on any atom is 0.218 e. The SMILES string of the molecule is N#Cc1nc2ccccc2n1-c1ccc(Cl)cc1. The predicted octanol–water partition coefficient (Wildman–Crippen LogP) is 3.55. The topological polar surface area (TPSA) is 41.6 Å². The van der Waals surface area contributed by atoms with Crippen LogP contribution in [0.25, 0.3) is 16.7 Å². The molecule has 3 nitrogen and oxygen atoms in total. The molecule has 0 atom stereocenters. The molecule has 1 aromatic heterocycles. The summed E-state index contributed by atoms with van der Waals surface area (Å²) in [7, 11) is 0. The van der Waals surface area contributed by atoms with Gasteiger partial charge < -0.3 is 0 Å². The van der Waals surface area contributed by atoms with E-state index in [4.69, 9.17) is 11.6 Å². The van der Waals surface area contributed by atoms with Crippen LogP contribution in [0.5, 0.6) is 0 Å². The minimum atomic E-state index is 0.374. The van der Waals surface area contributed by atoms with E-state index >= 15 is 0 Å². The van der Waals surface area contributed by atoms with Crippen LogP contribution < -0.4 is 0 Å². The lowest BCUT2D eigenvalue weighted by molar-refractivity contribution is 1.05. The van der Waals surface area contributed by atoms with Crippen molar-refractivity contribution in [2.24, 2.45) is 0 Å². The monoisotopic (exact) mass is 253 g/mol. The van der Waals surface area contributed by atoms with Gasteiger partial charge in [-0.1, -0.05) is 23.7 Å². The number of rotatable bonds is 1. The van der Waals surface area contributed by atoms with Gasteiger partial charge in [0.25, 0.3) is 0 Å². The number of aromatic nitrogens is 2. The van der Waals surface area contributed by atoms with Gasteiger partial charge in [0.2, 0.25) is 5.82 Å². The molecule has 0 N–H and O–H groups in total. The summed E-state index contributed by atoms with van der Waals surface area (Å²) in [5, 5.41) is 9.84. The second kappa shape index (κ2) is 4.17. The number of nitriles is 1. The summed E-state index contributed by atoms with van der Waals surface area (Å²) in [6.45, 7) is 0. The number of fused-ring (bicyclic) bond motifs is 1. The molecule has 0 aliphatic heterocycles. The van der Waals surface area contributed by atoms with Gasteiger partial charge in [-0.3, -0.25) is 4.57 Å². The quantitative estimate of drug-likeness (QED) is 0.665. The summed E-state index contributed by atoms with van der Waals surface area (Å²) < 4.78 is 1.83. The summed E-state index contributed by atoms with van der Waals surface area (Å²) in [5.41, 5.74) is 2.60. The van der Waals surface area contributed by atoms with Crippen LogP contribution in [0, 0.1) is 11.3 Å². The summed E-state index contributed by atoms with van der Waals surface area (Å²) in [4.78, 5) is 4.30. The van der Waals surface area contributed by atoms with E-state index in [1.54, 1.807) is 12.1 Å². The largest absolute Gasteiger partial charge is 0.284 e. The van der Waals surface area contributed by atoms with Gasteiger partial charge in [-0.25, -0.2) is 4.98 Å². The van der Waals surface area contributed by atoms with Crippen molar-refractivity contribution in [2.75, 3.05) is 0 Å². The van der Waals surface area contributed by atoms with E-state index < -0.39 is 0 Å². The molecule has 0 amide bonds. The van der Waals surface area contributed by atoms with Crippen molar-refractivity contribution in [3.8, 4) is 11.8 Å². The Morgan fingerprint density at radius 2 is 1.78 bits per heavy atom. The second-order valence-electron chi connectivity index (χ2n) is 3.85. The summed E-state index contributed by atoms with van der Waals surface area (Å²) in [6, 6.07) is 17.1. The highest BCUT2D eigenvalue weighted by atomic mass is 35.5. The van der Waals surface area contributed by atoms with E-state index in [2.05, 4.69) is 11.1 Å². The Balaban J connectivity index is 2.33. The van der Waals surface area contributed by atoms with Crippen LogP contribution >= 0.6 is 11.6 Å². The Morgan fingerprint density at radius 1 is 1.06 bits per heavy atom. The number of halogens is 1. The first-order chi connectivity index (χ1) is 8.79. The Morgan fingerprint density at radius 3 is 2.50 bits per heavy atom. The van der Waals surface area contributed by atoms with Crippen LogP contribution in [0.1, 0.15) is 5.82 Å². The van der Waals surface area contributed by atoms with Crippen LogP contribution in [0.4, 0.5) is 0 Å². The molecule has 0 saturated carbocycles. The van der Waals surface area contributed by atoms with Gasteiger partial charge >= 0.3 is 0 Å². The number of imidazole rings is 1. The molecular formula is C14H8ClN3. The zero-order valence-electron chi connectivity index (χ0n) is 9.34. The van der Waals surface area contributed by atoms with Gasteiger partial charge in [-0.2, -0.15) is 5.26 Å². The number of nitrogens with zero attached hydrogens (tertiary/aromatic N) is 3. The molecule has 0 saturated heterocycles. The van der Waals surface area contributed by atoms with Crippen molar-refractivity contribution in [3.05, 3.63) is 59.4 Å². The maximum absolute atomic E-state index is 9.18. The van der Waals surface area contributed by atoms with Gasteiger partial charge in [0.1, 0.15) is 6.07 Å². The molecule has 3 rings (SSSR count). The maximum atomic E-state index is 9.18. The van der Waals surface area contributed by atoms with Crippen molar-refractivity contribution in [1.29, 1.82) is 5.26 Å². The summed E-state index contributed by atoms with van der Waals surface area (Å²) in [6.07, 6.45) is 0. The Kier molecular flexibility index (Phi) is 2.51. The van der Waals surface area contributed by atoms with E-state index in [1.165, 1.54) is 0 Å². The van der Waals surface area contributed by atoms with E-state index in [-0.39, 0.29) is 0 Å². The van der Waals surface area contributed by atoms with E-state index in [0.29, 0.717) is 10.8 Å². The highest BCUT2D eigenvalue weighted by Crippen LogP contribution is 2.22. The minimum absolute atomic E-state index is 0.374. The zero-order chi connectivity index (χ0) is 12.5. The third-order valence-electron chi connectivity index (χ3n) is 2.75. The smallest absolute Gasteiger partial charge is 0.218 e. The van der Waals surface area contributed by atoms with Crippen molar-refractivity contribution >= 4 is 22.6 Å². The summed E-state index contributed by atoms with van der Waals surface area (Å²) >= 11 is 5.88. The fraction of sp³-hybridized carbons (Fsp3) is 0. The average molecular weight is 254 g/mol. The molecule has 0 unspecified atom stereocenters. The number of para-hydroxylation sites is 2. The molecule has 0 radical (unpaired) electrons. The molecule has 3 aromatic rings. The normalized spacial score (nSPS) is 10.4. The first-order valence-corrected chi connectivity index (χ1v) is 5.81. The lowest BCUT2D eigenvalue weighted by Gasteiger charge is -2.05. The molecule has 18 heavy (non-hydrogen) atoms. The van der Waals surface area contributed by atoms with Crippen molar-refractivity contribution < 1.29 is 0 Å². The van der Waals surface area contributed by atoms with Crippen LogP contribution in [-0.4, -0.2) is 9.55 Å². The lowest BCUT2D eigenvalue weighted by Crippen LogP contribution is -1.97. The standard InChI is InChI=1S/C14H8ClN3/c15-10-5-7-11(8-6-10)18-13-4-2-1-3-12(13)17-14(18)9-16/h1-8H. The van der Waals surface area contributed by atoms with Gasteiger partial charge in [0.05, 0.1) is 11.0 Å². The third-order valence-corrected chi connectivity index (χ3v) is 3.00. The molecule has 2 aromatic carbocycles. The van der Waals surface area contributed by atoms with Gasteiger partial charge in [-0.15, -0.1) is 0 Å². The fourth-order valence-electron chi connectivity index (χ4n) is 1.95. The third kappa shape index (κ3) is 1.64. The number of benzene rings is 2. The highest BCUT2D eigenvalue weighted by Gasteiger charge is 2.10. The Labute approximate surface area is 109 Å². The second-order valence-corrected chi connectivity index (χ2v) is 4.28. The molecule has 0 bridgehead atoms. The molecule has 86 valence electrons. The molecular weight excluding hydrogens is 246 g/mol. The lowest BCUT2D eigenvalue weighted by atomic mass is 10.3. The fourth-order valence-corrected chi connectivity index (χ4v) is 2.08. The molecule has 4 heteroatoms. The molecule has 0 aliphatic rings. The van der Waals surface area contributed by atoms with Crippen molar-refractivity contribution in [3.63, 3.8) is 0 Å². The summed E-state index contributed by atoms with van der Waals surface area (Å²) in [5.74, 6) is 0.374.